The number of rotatable bonds is 11. The summed E-state index contributed by atoms with van der Waals surface area (Å²) in [7, 11) is 0. The fourth-order valence-corrected chi connectivity index (χ4v) is 3.66. The molecule has 0 fully saturated rings. The monoisotopic (exact) mass is 294 g/mol. The van der Waals surface area contributed by atoms with Crippen LogP contribution in [0, 0.1) is 17.8 Å². The molecule has 0 saturated heterocycles. The highest BCUT2D eigenvalue weighted by atomic mass is 14.3. The molecule has 126 valence electrons. The Labute approximate surface area is 135 Å². The van der Waals surface area contributed by atoms with Gasteiger partial charge in [0, 0.05) is 0 Å². The number of hydrogen-bond donors (Lipinski definition) is 0. The average Bonchev–Trinajstić information content (AvgIpc) is 2.48. The maximum Gasteiger partial charge on any atom is -0.0191 e. The third-order valence-electron chi connectivity index (χ3n) is 4.96. The Morgan fingerprint density at radius 3 is 2.05 bits per heavy atom. The molecule has 1 aliphatic rings. The second-order valence-electron chi connectivity index (χ2n) is 6.86. The minimum absolute atomic E-state index is 0.921. The highest BCUT2D eigenvalue weighted by molar-refractivity contribution is 5.14. The molecule has 21 heavy (non-hydrogen) atoms. The van der Waals surface area contributed by atoms with Crippen molar-refractivity contribution in [3.8, 4) is 0 Å². The van der Waals surface area contributed by atoms with Crippen molar-refractivity contribution < 1.29 is 0 Å². The molecule has 0 radical (unpaired) electrons. The summed E-state index contributed by atoms with van der Waals surface area (Å²) in [4.78, 5) is 0. The molecule has 1 rings (SSSR count). The summed E-state index contributed by atoms with van der Waals surface area (Å²) in [5.41, 5.74) is 1.62. The van der Waals surface area contributed by atoms with E-state index in [1.54, 1.807) is 5.57 Å². The molecule has 3 atom stereocenters. The molecule has 0 aromatic carbocycles. The molecule has 0 heteroatoms. The van der Waals surface area contributed by atoms with Crippen LogP contribution in [-0.2, 0) is 0 Å². The van der Waals surface area contributed by atoms with Gasteiger partial charge in [-0.2, -0.15) is 0 Å². The van der Waals surface area contributed by atoms with E-state index in [4.69, 9.17) is 0 Å². The maximum absolute atomic E-state index is 2.50. The predicted molar refractivity (Wildman–Crippen MR) is 98.8 cm³/mol. The predicted octanol–water partition coefficient (Wildman–Crippen LogP) is 7.78. The zero-order valence-corrected chi connectivity index (χ0v) is 15.9. The molecule has 0 heterocycles. The highest BCUT2D eigenvalue weighted by Crippen LogP contribution is 2.34. The van der Waals surface area contributed by atoms with Gasteiger partial charge in [0.1, 0.15) is 0 Å². The van der Waals surface area contributed by atoms with Crippen LogP contribution in [0.3, 0.4) is 0 Å². The van der Waals surface area contributed by atoms with E-state index >= 15 is 0 Å². The summed E-state index contributed by atoms with van der Waals surface area (Å²) in [5, 5.41) is 0. The maximum atomic E-state index is 2.50. The first-order valence-corrected chi connectivity index (χ1v) is 9.86. The Hall–Kier alpha value is -0.260. The number of allylic oxidation sites excluding steroid dienone is 2. The second-order valence-corrected chi connectivity index (χ2v) is 6.86. The zero-order chi connectivity index (χ0) is 16.1. The number of hydrogen-bond acceptors (Lipinski definition) is 0. The van der Waals surface area contributed by atoms with Crippen LogP contribution < -0.4 is 0 Å². The first-order valence-electron chi connectivity index (χ1n) is 9.86. The fourth-order valence-electron chi connectivity index (χ4n) is 3.66. The van der Waals surface area contributed by atoms with E-state index in [9.17, 15) is 0 Å². The smallest absolute Gasteiger partial charge is 0.0191 e. The van der Waals surface area contributed by atoms with Gasteiger partial charge in [-0.15, -0.1) is 0 Å². The van der Waals surface area contributed by atoms with Crippen LogP contribution in [0.15, 0.2) is 11.6 Å². The van der Waals surface area contributed by atoms with Gasteiger partial charge in [0.05, 0.1) is 0 Å². The number of unbranched alkanes of at least 4 members (excludes halogenated alkanes) is 1. The van der Waals surface area contributed by atoms with Gasteiger partial charge in [-0.05, 0) is 37.5 Å². The van der Waals surface area contributed by atoms with Crippen LogP contribution in [-0.4, -0.2) is 0 Å². The molecule has 0 N–H and O–H groups in total. The van der Waals surface area contributed by atoms with Gasteiger partial charge in [0.2, 0.25) is 0 Å². The van der Waals surface area contributed by atoms with E-state index in [-0.39, 0.29) is 0 Å². The molecule has 0 nitrogen and oxygen atoms in total. The average molecular weight is 295 g/mol. The first kappa shape index (κ1) is 20.7. The molecule has 0 saturated carbocycles. The summed E-state index contributed by atoms with van der Waals surface area (Å²) >= 11 is 0. The zero-order valence-electron chi connectivity index (χ0n) is 15.9. The standard InChI is InChI=1S/C19H36.C2H6/c1-5-8-10-18(9-6-2)12-11-17(7-3)15-19-13-16(4)14-19;1-2/h13,17-19H,5-12,14-15H2,1-4H3;1-2H3. The molecule has 0 aromatic heterocycles. The Kier molecular flexibility index (Phi) is 13.2. The second kappa shape index (κ2) is 13.4. The minimum atomic E-state index is 0.921. The largest absolute Gasteiger partial charge is 0.0821 e. The normalized spacial score (nSPS) is 19.9. The molecule has 1 aliphatic carbocycles. The van der Waals surface area contributed by atoms with Crippen molar-refractivity contribution in [1.82, 2.24) is 0 Å². The van der Waals surface area contributed by atoms with Crippen molar-refractivity contribution in [2.45, 2.75) is 106 Å². The van der Waals surface area contributed by atoms with Gasteiger partial charge in [0.25, 0.3) is 0 Å². The third kappa shape index (κ3) is 9.38. The van der Waals surface area contributed by atoms with E-state index in [1.165, 1.54) is 64.2 Å². The van der Waals surface area contributed by atoms with Crippen LogP contribution in [0.2, 0.25) is 0 Å². The van der Waals surface area contributed by atoms with Crippen LogP contribution in [0.5, 0.6) is 0 Å². The summed E-state index contributed by atoms with van der Waals surface area (Å²) < 4.78 is 0. The van der Waals surface area contributed by atoms with Crippen molar-refractivity contribution in [2.24, 2.45) is 17.8 Å². The molecule has 0 aromatic rings. The Balaban J connectivity index is 0.00000191. The van der Waals surface area contributed by atoms with Crippen molar-refractivity contribution in [2.75, 3.05) is 0 Å². The van der Waals surface area contributed by atoms with Crippen LogP contribution in [0.25, 0.3) is 0 Å². The lowest BCUT2D eigenvalue weighted by molar-refractivity contribution is 0.307. The van der Waals surface area contributed by atoms with Crippen LogP contribution in [0.1, 0.15) is 106 Å². The van der Waals surface area contributed by atoms with Gasteiger partial charge >= 0.3 is 0 Å². The van der Waals surface area contributed by atoms with Crippen LogP contribution >= 0.6 is 0 Å². The van der Waals surface area contributed by atoms with Crippen LogP contribution in [0.4, 0.5) is 0 Å². The Morgan fingerprint density at radius 2 is 1.57 bits per heavy atom. The van der Waals surface area contributed by atoms with E-state index in [2.05, 4.69) is 33.8 Å². The highest BCUT2D eigenvalue weighted by Gasteiger charge is 2.20. The lowest BCUT2D eigenvalue weighted by atomic mass is 9.78. The van der Waals surface area contributed by atoms with E-state index in [0.717, 1.165) is 17.8 Å². The summed E-state index contributed by atoms with van der Waals surface area (Å²) in [6, 6.07) is 0. The van der Waals surface area contributed by atoms with Gasteiger partial charge in [0.15, 0.2) is 0 Å². The van der Waals surface area contributed by atoms with Crippen molar-refractivity contribution in [3.05, 3.63) is 11.6 Å². The van der Waals surface area contributed by atoms with Crippen molar-refractivity contribution >= 4 is 0 Å². The molecule has 0 bridgehead atoms. The SMILES string of the molecule is CC.CCCCC(CCC)CCC(CC)CC1C=C(C)C1. The molecule has 0 aliphatic heterocycles. The topological polar surface area (TPSA) is 0 Å². The lowest BCUT2D eigenvalue weighted by Crippen LogP contribution is -2.14. The van der Waals surface area contributed by atoms with E-state index < -0.39 is 0 Å². The Morgan fingerprint density at radius 1 is 0.952 bits per heavy atom. The minimum Gasteiger partial charge on any atom is -0.0821 e. The van der Waals surface area contributed by atoms with Crippen molar-refractivity contribution in [1.29, 1.82) is 0 Å². The fraction of sp³-hybridized carbons (Fsp3) is 0.905. The summed E-state index contributed by atoms with van der Waals surface area (Å²) in [6.07, 6.45) is 16.8. The first-order chi connectivity index (χ1) is 10.2. The van der Waals surface area contributed by atoms with Gasteiger partial charge < -0.3 is 0 Å². The third-order valence-corrected chi connectivity index (χ3v) is 4.96. The molecular weight excluding hydrogens is 252 g/mol. The van der Waals surface area contributed by atoms with E-state index in [0.29, 0.717) is 0 Å². The quantitative estimate of drug-likeness (QED) is 0.341. The lowest BCUT2D eigenvalue weighted by Gasteiger charge is -2.28. The van der Waals surface area contributed by atoms with Crippen molar-refractivity contribution in [3.63, 3.8) is 0 Å². The summed E-state index contributed by atoms with van der Waals surface area (Å²) in [6.45, 7) is 13.3. The summed E-state index contributed by atoms with van der Waals surface area (Å²) in [5.74, 6) is 2.92. The van der Waals surface area contributed by atoms with Gasteiger partial charge in [-0.1, -0.05) is 97.6 Å². The molecular formula is C21H42. The molecule has 0 spiro atoms. The van der Waals surface area contributed by atoms with Gasteiger partial charge in [-0.25, -0.2) is 0 Å². The molecule has 3 unspecified atom stereocenters. The van der Waals surface area contributed by atoms with Gasteiger partial charge in [-0.3, -0.25) is 0 Å². The van der Waals surface area contributed by atoms with E-state index in [1.807, 2.05) is 13.8 Å². The Bertz CT molecular complexity index is 251. The molecule has 0 amide bonds.